The van der Waals surface area contributed by atoms with Crippen LogP contribution in [0.15, 0.2) is 85.2 Å². The Balaban J connectivity index is 0.000000200. The van der Waals surface area contributed by atoms with Gasteiger partial charge in [0.15, 0.2) is 0 Å². The van der Waals surface area contributed by atoms with Crippen LogP contribution in [0.2, 0.25) is 17.3 Å². The first-order valence-corrected chi connectivity index (χ1v) is 21.5. The van der Waals surface area contributed by atoms with Crippen molar-refractivity contribution in [3.63, 3.8) is 0 Å². The second-order valence-corrected chi connectivity index (χ2v) is 22.8. The summed E-state index contributed by atoms with van der Waals surface area (Å²) in [5, 5.41) is 2.13. The zero-order valence-electron chi connectivity index (χ0n) is 25.1. The van der Waals surface area contributed by atoms with E-state index in [9.17, 15) is 4.39 Å². The molecule has 6 rings (SSSR count). The van der Waals surface area contributed by atoms with Gasteiger partial charge in [-0.05, 0) is 39.9 Å². The Morgan fingerprint density at radius 2 is 1.71 bits per heavy atom. The van der Waals surface area contributed by atoms with E-state index in [1.807, 2.05) is 62.4 Å². The predicted octanol–water partition coefficient (Wildman–Crippen LogP) is 9.58. The molecule has 0 amide bonds. The summed E-state index contributed by atoms with van der Waals surface area (Å²) in [6.45, 7) is 5.91. The van der Waals surface area contributed by atoms with Crippen LogP contribution >= 0.6 is 11.3 Å². The van der Waals surface area contributed by atoms with Gasteiger partial charge in [-0.25, -0.2) is 4.39 Å². The summed E-state index contributed by atoms with van der Waals surface area (Å²) in [6, 6.07) is 29.3. The van der Waals surface area contributed by atoms with Crippen molar-refractivity contribution in [1.82, 2.24) is 9.97 Å². The minimum absolute atomic E-state index is 0. The minimum Gasteiger partial charge on any atom is -0.305 e. The van der Waals surface area contributed by atoms with Gasteiger partial charge in [0.05, 0.1) is 0 Å². The molecular weight excluding hydrogens is 764 g/mol. The van der Waals surface area contributed by atoms with Crippen LogP contribution in [-0.4, -0.2) is 23.2 Å². The van der Waals surface area contributed by atoms with Gasteiger partial charge in [0.25, 0.3) is 0 Å². The van der Waals surface area contributed by atoms with Crippen molar-refractivity contribution in [2.24, 2.45) is 0 Å². The Bertz CT molecular complexity index is 1840. The first-order valence-electron chi connectivity index (χ1n) is 13.9. The standard InChI is InChI=1S/C20H15FNS.C15H18GeN.Ir/c1-12(2)13-8-9-22-18(10-13)17-5-3-4-16-15-7-6-14(21)11-19(15)23-20(16)17;1-12-10-15(13-8-6-5-7-9-13)17-11-14(12)16(2,3)4;/h3-4,6-12H,1-2H3;5-8,10-11H,1-4H3;/q2*-1;/i12D;;. The molecule has 2 nitrogen and oxygen atoms in total. The Hall–Kier alpha value is -2.70. The topological polar surface area (TPSA) is 25.8 Å². The fourth-order valence-electron chi connectivity index (χ4n) is 4.83. The normalized spacial score (nSPS) is 11.9. The smallest absolute Gasteiger partial charge is 0.124 e. The van der Waals surface area contributed by atoms with Crippen molar-refractivity contribution in [2.75, 3.05) is 0 Å². The Labute approximate surface area is 264 Å². The van der Waals surface area contributed by atoms with E-state index in [1.54, 1.807) is 23.6 Å². The molecular formula is C35H33FGeIrN2S-2. The van der Waals surface area contributed by atoms with Gasteiger partial charge in [0, 0.05) is 32.4 Å². The van der Waals surface area contributed by atoms with Crippen molar-refractivity contribution >= 4 is 49.2 Å². The van der Waals surface area contributed by atoms with E-state index in [0.717, 1.165) is 48.3 Å². The first kappa shape index (κ1) is 29.8. The molecule has 0 fully saturated rings. The average Bonchev–Trinajstić information content (AvgIpc) is 3.30. The van der Waals surface area contributed by atoms with E-state index in [-0.39, 0.29) is 25.9 Å². The molecule has 3 aromatic carbocycles. The van der Waals surface area contributed by atoms with Crippen LogP contribution in [-0.2, 0) is 20.1 Å². The number of aryl methyl sites for hydroxylation is 1. The van der Waals surface area contributed by atoms with Crippen LogP contribution in [0.1, 0.15) is 32.2 Å². The summed E-state index contributed by atoms with van der Waals surface area (Å²) < 4.78 is 25.2. The second kappa shape index (κ2) is 13.1. The van der Waals surface area contributed by atoms with E-state index < -0.39 is 19.2 Å². The minimum atomic E-state index is -1.77. The maximum atomic E-state index is 13.5. The van der Waals surface area contributed by atoms with Gasteiger partial charge in [-0.2, -0.15) is 11.3 Å². The summed E-state index contributed by atoms with van der Waals surface area (Å²) >= 11 is -0.220. The molecule has 0 spiro atoms. The number of pyridine rings is 2. The molecule has 0 saturated heterocycles. The van der Waals surface area contributed by atoms with Gasteiger partial charge in [-0.15, -0.1) is 23.8 Å². The van der Waals surface area contributed by atoms with Crippen LogP contribution in [0, 0.1) is 24.9 Å². The number of benzene rings is 3. The quantitative estimate of drug-likeness (QED) is 0.131. The van der Waals surface area contributed by atoms with Crippen molar-refractivity contribution in [1.29, 1.82) is 0 Å². The van der Waals surface area contributed by atoms with Crippen molar-refractivity contribution in [3.05, 3.63) is 114 Å². The fourth-order valence-corrected chi connectivity index (χ4v) is 9.64. The molecule has 0 atom stereocenters. The molecule has 0 N–H and O–H groups in total. The molecule has 211 valence electrons. The van der Waals surface area contributed by atoms with Gasteiger partial charge >= 0.3 is 106 Å². The van der Waals surface area contributed by atoms with Gasteiger partial charge < -0.3 is 4.98 Å². The molecule has 0 aliphatic carbocycles. The Morgan fingerprint density at radius 1 is 0.902 bits per heavy atom. The second-order valence-electron chi connectivity index (χ2n) is 11.2. The number of fused-ring (bicyclic) bond motifs is 3. The third-order valence-corrected chi connectivity index (χ3v) is 12.6. The Kier molecular flexibility index (Phi) is 9.50. The maximum absolute atomic E-state index is 13.5. The van der Waals surface area contributed by atoms with E-state index >= 15 is 0 Å². The molecule has 6 heteroatoms. The molecule has 3 heterocycles. The summed E-state index contributed by atoms with van der Waals surface area (Å²) in [7, 11) is 0. The molecule has 6 aromatic rings. The largest absolute Gasteiger partial charge is 0.305 e. The molecule has 41 heavy (non-hydrogen) atoms. The number of halogens is 1. The summed E-state index contributed by atoms with van der Waals surface area (Å²) in [4.78, 5) is 9.07. The molecule has 0 bridgehead atoms. The maximum Gasteiger partial charge on any atom is 0.124 e. The van der Waals surface area contributed by atoms with Gasteiger partial charge in [0.1, 0.15) is 5.82 Å². The van der Waals surface area contributed by atoms with Gasteiger partial charge in [0.2, 0.25) is 0 Å². The zero-order valence-corrected chi connectivity index (χ0v) is 29.4. The number of nitrogens with zero attached hydrogens (tertiary/aromatic N) is 2. The van der Waals surface area contributed by atoms with Crippen LogP contribution in [0.3, 0.4) is 0 Å². The number of aromatic nitrogens is 2. The SMILES string of the molecule is Cc1cc(-c2[c-]cccc2)nc[c]1[Ge]([CH3])([CH3])[CH3].[2H]C(C)(C)c1ccnc(-c2[c-]ccc3c2sc2cc(F)ccc23)c1.[Ir]. The third kappa shape index (κ3) is 7.03. The third-order valence-electron chi connectivity index (χ3n) is 6.89. The molecule has 0 aliphatic heterocycles. The predicted molar refractivity (Wildman–Crippen MR) is 172 cm³/mol. The van der Waals surface area contributed by atoms with E-state index in [2.05, 4.69) is 64.6 Å². The van der Waals surface area contributed by atoms with Crippen LogP contribution in [0.25, 0.3) is 42.7 Å². The van der Waals surface area contributed by atoms with E-state index in [1.165, 1.54) is 16.0 Å². The number of hydrogen-bond donors (Lipinski definition) is 0. The van der Waals surface area contributed by atoms with Gasteiger partial charge in [-0.3, -0.25) is 0 Å². The van der Waals surface area contributed by atoms with Crippen LogP contribution < -0.4 is 4.40 Å². The first-order chi connectivity index (χ1) is 19.4. The monoisotopic (exact) mass is 800 g/mol. The molecule has 3 aromatic heterocycles. The van der Waals surface area contributed by atoms with Gasteiger partial charge in [-0.1, -0.05) is 36.9 Å². The molecule has 0 unspecified atom stereocenters. The van der Waals surface area contributed by atoms with Crippen LogP contribution in [0.5, 0.6) is 0 Å². The van der Waals surface area contributed by atoms with E-state index in [4.69, 9.17) is 1.37 Å². The summed E-state index contributed by atoms with van der Waals surface area (Å²) in [6.07, 6.45) is 3.81. The van der Waals surface area contributed by atoms with Crippen molar-refractivity contribution < 1.29 is 25.9 Å². The van der Waals surface area contributed by atoms with E-state index in [0.29, 0.717) is 0 Å². The average molecular weight is 799 g/mol. The molecule has 0 aliphatic rings. The zero-order chi connectivity index (χ0) is 29.4. The summed E-state index contributed by atoms with van der Waals surface area (Å²) in [5.74, 6) is 6.29. The van der Waals surface area contributed by atoms with Crippen molar-refractivity contribution in [3.8, 4) is 22.5 Å². The fraction of sp³-hybridized carbons (Fsp3) is 0.200. The Morgan fingerprint density at radius 3 is 2.39 bits per heavy atom. The van der Waals surface area contributed by atoms with Crippen LogP contribution in [0.4, 0.5) is 4.39 Å². The summed E-state index contributed by atoms with van der Waals surface area (Å²) in [5.41, 5.74) is 6.08. The molecule has 1 radical (unpaired) electrons. The number of rotatable bonds is 4. The number of hydrogen-bond acceptors (Lipinski definition) is 3. The molecule has 0 saturated carbocycles. The van der Waals surface area contributed by atoms with Crippen molar-refractivity contribution in [2.45, 2.75) is 43.9 Å². The number of thiophene rings is 1.